The molecule has 1 rings (SSSR count). The summed E-state index contributed by atoms with van der Waals surface area (Å²) in [6, 6.07) is -1.59. The molecule has 3 N–H and O–H groups in total. The number of urea groups is 1. The van der Waals surface area contributed by atoms with E-state index < -0.39 is 35.3 Å². The van der Waals surface area contributed by atoms with Crippen LogP contribution in [0.25, 0.3) is 0 Å². The molecule has 10 heteroatoms. The predicted molar refractivity (Wildman–Crippen MR) is 92.4 cm³/mol. The molecule has 1 saturated heterocycles. The minimum absolute atomic E-state index is 0.0849. The highest BCUT2D eigenvalue weighted by Gasteiger charge is 2.43. The second-order valence-electron chi connectivity index (χ2n) is 7.12. The quantitative estimate of drug-likeness (QED) is 0.448. The summed E-state index contributed by atoms with van der Waals surface area (Å²) in [5, 5.41) is 14.0. The number of thioether (sulfide) groups is 1. The molecule has 0 aromatic heterocycles. The number of nitrogens with one attached hydrogen (secondary N) is 2. The maximum Gasteiger partial charge on any atom is 0.408 e. The van der Waals surface area contributed by atoms with Crippen molar-refractivity contribution in [1.29, 1.82) is 0 Å². The molecule has 0 bridgehead atoms. The maximum atomic E-state index is 12.0. The SMILES string of the molecule is CC(C)(C)OC(=O)NC(CSCCN1C(=O)NC(C)(C)C1=O)C(=O)O. The van der Waals surface area contributed by atoms with Gasteiger partial charge in [-0.25, -0.2) is 14.4 Å². The number of hydrogen-bond acceptors (Lipinski definition) is 6. The smallest absolute Gasteiger partial charge is 0.408 e. The first-order valence-corrected chi connectivity index (χ1v) is 8.93. The predicted octanol–water partition coefficient (Wildman–Crippen LogP) is 1.03. The normalized spacial score (nSPS) is 17.9. The Balaban J connectivity index is 2.44. The zero-order valence-electron chi connectivity index (χ0n) is 15.0. The van der Waals surface area contributed by atoms with Gasteiger partial charge in [0, 0.05) is 18.1 Å². The van der Waals surface area contributed by atoms with Gasteiger partial charge in [0.2, 0.25) is 0 Å². The third-order valence-corrected chi connectivity index (χ3v) is 4.22. The first kappa shape index (κ1) is 21.1. The monoisotopic (exact) mass is 375 g/mol. The number of alkyl carbamates (subject to hydrolysis) is 1. The topological polar surface area (TPSA) is 125 Å². The van der Waals surface area contributed by atoms with Crippen LogP contribution in [-0.2, 0) is 14.3 Å². The van der Waals surface area contributed by atoms with Crippen LogP contribution < -0.4 is 10.6 Å². The van der Waals surface area contributed by atoms with Gasteiger partial charge in [-0.05, 0) is 34.6 Å². The molecular weight excluding hydrogens is 350 g/mol. The van der Waals surface area contributed by atoms with Gasteiger partial charge in [0.05, 0.1) is 0 Å². The number of hydrogen-bond donors (Lipinski definition) is 3. The maximum absolute atomic E-state index is 12.0. The number of rotatable bonds is 7. The van der Waals surface area contributed by atoms with E-state index in [2.05, 4.69) is 10.6 Å². The summed E-state index contributed by atoms with van der Waals surface area (Å²) < 4.78 is 5.03. The van der Waals surface area contributed by atoms with Gasteiger partial charge in [0.25, 0.3) is 5.91 Å². The molecule has 0 aromatic carbocycles. The highest BCUT2D eigenvalue weighted by Crippen LogP contribution is 2.17. The lowest BCUT2D eigenvalue weighted by Crippen LogP contribution is -2.45. The molecule has 1 heterocycles. The molecule has 0 radical (unpaired) electrons. The van der Waals surface area contributed by atoms with E-state index in [9.17, 15) is 24.3 Å². The number of ether oxygens (including phenoxy) is 1. The van der Waals surface area contributed by atoms with Crippen molar-refractivity contribution in [2.45, 2.75) is 51.8 Å². The van der Waals surface area contributed by atoms with Crippen LogP contribution in [0, 0.1) is 0 Å². The number of nitrogens with zero attached hydrogens (tertiary/aromatic N) is 1. The Labute approximate surface area is 150 Å². The standard InChI is InChI=1S/C15H25N3O6S/c1-14(2,3)24-13(23)16-9(10(19)20)8-25-7-6-18-11(21)15(4,5)17-12(18)22/h9H,6-8H2,1-5H3,(H,16,23)(H,17,22)(H,19,20). The summed E-state index contributed by atoms with van der Waals surface area (Å²) in [5.41, 5.74) is -1.65. The Morgan fingerprint density at radius 2 is 1.96 bits per heavy atom. The highest BCUT2D eigenvalue weighted by molar-refractivity contribution is 7.99. The Bertz CT molecular complexity index is 558. The van der Waals surface area contributed by atoms with Crippen LogP contribution in [0.5, 0.6) is 0 Å². The van der Waals surface area contributed by atoms with Gasteiger partial charge in [-0.15, -0.1) is 0 Å². The lowest BCUT2D eigenvalue weighted by molar-refractivity contribution is -0.138. The van der Waals surface area contributed by atoms with Crippen LogP contribution in [0.3, 0.4) is 0 Å². The first-order chi connectivity index (χ1) is 11.3. The average molecular weight is 375 g/mol. The van der Waals surface area contributed by atoms with Gasteiger partial charge >= 0.3 is 18.1 Å². The molecule has 0 saturated carbocycles. The molecule has 25 heavy (non-hydrogen) atoms. The van der Waals surface area contributed by atoms with Crippen LogP contribution in [0.1, 0.15) is 34.6 Å². The van der Waals surface area contributed by atoms with E-state index in [-0.39, 0.29) is 18.2 Å². The van der Waals surface area contributed by atoms with E-state index in [1.54, 1.807) is 34.6 Å². The summed E-state index contributed by atoms with van der Waals surface area (Å²) in [6.45, 7) is 8.43. The van der Waals surface area contributed by atoms with Crippen LogP contribution in [-0.4, -0.2) is 69.2 Å². The molecule has 4 amide bonds. The lowest BCUT2D eigenvalue weighted by atomic mass is 10.1. The second-order valence-corrected chi connectivity index (χ2v) is 8.27. The Morgan fingerprint density at radius 1 is 1.36 bits per heavy atom. The van der Waals surface area contributed by atoms with E-state index in [0.717, 1.165) is 4.90 Å². The van der Waals surface area contributed by atoms with Crippen LogP contribution in [0.2, 0.25) is 0 Å². The molecule has 9 nitrogen and oxygen atoms in total. The van der Waals surface area contributed by atoms with E-state index in [0.29, 0.717) is 5.75 Å². The van der Waals surface area contributed by atoms with Crippen molar-refractivity contribution in [3.8, 4) is 0 Å². The van der Waals surface area contributed by atoms with Gasteiger partial charge in [-0.1, -0.05) is 0 Å². The summed E-state index contributed by atoms with van der Waals surface area (Å²) in [6.07, 6.45) is -0.809. The fraction of sp³-hybridized carbons (Fsp3) is 0.733. The summed E-state index contributed by atoms with van der Waals surface area (Å²) in [5.74, 6) is -1.06. The Kier molecular flexibility index (Phi) is 6.69. The summed E-state index contributed by atoms with van der Waals surface area (Å²) >= 11 is 1.22. The van der Waals surface area contributed by atoms with E-state index in [1.807, 2.05) is 0 Å². The highest BCUT2D eigenvalue weighted by atomic mass is 32.2. The molecular formula is C15H25N3O6S. The summed E-state index contributed by atoms with van der Waals surface area (Å²) in [4.78, 5) is 47.7. The molecule has 1 atom stereocenters. The number of carboxylic acids is 1. The van der Waals surface area contributed by atoms with Crippen LogP contribution in [0.15, 0.2) is 0 Å². The van der Waals surface area contributed by atoms with E-state index in [1.165, 1.54) is 11.8 Å². The van der Waals surface area contributed by atoms with Crippen molar-refractivity contribution in [3.05, 3.63) is 0 Å². The molecule has 0 aromatic rings. The molecule has 1 aliphatic heterocycles. The molecule has 0 aliphatic carbocycles. The third kappa shape index (κ3) is 6.45. The van der Waals surface area contributed by atoms with Gasteiger partial charge in [-0.3, -0.25) is 9.69 Å². The van der Waals surface area contributed by atoms with Crippen molar-refractivity contribution in [2.75, 3.05) is 18.1 Å². The molecule has 142 valence electrons. The van der Waals surface area contributed by atoms with Crippen LogP contribution >= 0.6 is 11.8 Å². The molecule has 1 unspecified atom stereocenters. The first-order valence-electron chi connectivity index (χ1n) is 7.77. The Hall–Kier alpha value is -1.97. The fourth-order valence-electron chi connectivity index (χ4n) is 2.00. The van der Waals surface area contributed by atoms with E-state index in [4.69, 9.17) is 4.74 Å². The average Bonchev–Trinajstić information content (AvgIpc) is 2.60. The zero-order valence-corrected chi connectivity index (χ0v) is 15.9. The number of imide groups is 1. The number of carbonyl (C=O) groups is 4. The number of carbonyl (C=O) groups excluding carboxylic acids is 3. The zero-order chi connectivity index (χ0) is 19.4. The van der Waals surface area contributed by atoms with Crippen LogP contribution in [0.4, 0.5) is 9.59 Å². The van der Waals surface area contributed by atoms with Gasteiger partial charge in [0.1, 0.15) is 17.2 Å². The number of aliphatic carboxylic acids is 1. The van der Waals surface area contributed by atoms with Crippen molar-refractivity contribution >= 4 is 35.8 Å². The molecule has 1 aliphatic rings. The minimum Gasteiger partial charge on any atom is -0.480 e. The van der Waals surface area contributed by atoms with E-state index >= 15 is 0 Å². The second kappa shape index (κ2) is 7.94. The summed E-state index contributed by atoms with van der Waals surface area (Å²) in [7, 11) is 0. The molecule has 1 fully saturated rings. The fourth-order valence-corrected chi connectivity index (χ4v) is 2.94. The van der Waals surface area contributed by atoms with Crippen molar-refractivity contribution in [2.24, 2.45) is 0 Å². The van der Waals surface area contributed by atoms with Crippen molar-refractivity contribution in [3.63, 3.8) is 0 Å². The largest absolute Gasteiger partial charge is 0.480 e. The van der Waals surface area contributed by atoms with Crippen molar-refractivity contribution in [1.82, 2.24) is 15.5 Å². The molecule has 0 spiro atoms. The Morgan fingerprint density at radius 3 is 2.40 bits per heavy atom. The van der Waals surface area contributed by atoms with Gasteiger partial charge in [0.15, 0.2) is 0 Å². The minimum atomic E-state index is -1.19. The lowest BCUT2D eigenvalue weighted by Gasteiger charge is -2.22. The van der Waals surface area contributed by atoms with Gasteiger partial charge in [-0.2, -0.15) is 11.8 Å². The van der Waals surface area contributed by atoms with Gasteiger partial charge < -0.3 is 20.5 Å². The third-order valence-electron chi connectivity index (χ3n) is 3.18. The number of carboxylic acid groups (broad SMARTS) is 1. The number of amides is 4. The van der Waals surface area contributed by atoms with Crippen molar-refractivity contribution < 1.29 is 29.0 Å².